The van der Waals surface area contributed by atoms with Crippen LogP contribution in [0, 0.1) is 0 Å². The van der Waals surface area contributed by atoms with E-state index in [1.807, 2.05) is 42.2 Å². The number of carbonyl (C=O) groups excluding carboxylic acids is 2. The van der Waals surface area contributed by atoms with Crippen LogP contribution in [0.1, 0.15) is 41.4 Å². The fourth-order valence-electron chi connectivity index (χ4n) is 3.83. The van der Waals surface area contributed by atoms with Crippen molar-refractivity contribution in [1.29, 1.82) is 0 Å². The quantitative estimate of drug-likeness (QED) is 0.622. The Morgan fingerprint density at radius 1 is 1.16 bits per heavy atom. The first kappa shape index (κ1) is 20.5. The molecule has 1 aliphatic rings. The van der Waals surface area contributed by atoms with Gasteiger partial charge < -0.3 is 10.2 Å². The molecule has 0 saturated heterocycles. The minimum absolute atomic E-state index is 0.0702. The predicted octanol–water partition coefficient (Wildman–Crippen LogP) is 4.59. The van der Waals surface area contributed by atoms with Crippen LogP contribution in [0.5, 0.6) is 0 Å². The first-order valence-corrected chi connectivity index (χ1v) is 10.2. The fourth-order valence-corrected chi connectivity index (χ4v) is 3.83. The van der Waals surface area contributed by atoms with Gasteiger partial charge in [0.15, 0.2) is 0 Å². The van der Waals surface area contributed by atoms with Crippen molar-refractivity contribution in [1.82, 2.24) is 9.97 Å². The van der Waals surface area contributed by atoms with Crippen molar-refractivity contribution in [2.24, 2.45) is 0 Å². The summed E-state index contributed by atoms with van der Waals surface area (Å²) >= 11 is 0. The SMILES string of the molecule is C=CC(C)c1ncc(-c2ccnc(NC(C)=O)c2)cc1C(=O)N1CCc2ccccc21. The lowest BCUT2D eigenvalue weighted by atomic mass is 9.97. The van der Waals surface area contributed by atoms with Gasteiger partial charge in [-0.25, -0.2) is 4.98 Å². The van der Waals surface area contributed by atoms with E-state index in [0.29, 0.717) is 23.6 Å². The van der Waals surface area contributed by atoms with Gasteiger partial charge in [0.2, 0.25) is 5.91 Å². The van der Waals surface area contributed by atoms with E-state index >= 15 is 0 Å². The van der Waals surface area contributed by atoms with E-state index in [0.717, 1.165) is 23.2 Å². The number of aromatic nitrogens is 2. The third-order valence-electron chi connectivity index (χ3n) is 5.46. The van der Waals surface area contributed by atoms with Crippen molar-refractivity contribution in [2.45, 2.75) is 26.2 Å². The summed E-state index contributed by atoms with van der Waals surface area (Å²) in [5.74, 6) is 0.119. The van der Waals surface area contributed by atoms with Crippen molar-refractivity contribution in [3.63, 3.8) is 0 Å². The molecule has 2 aromatic heterocycles. The van der Waals surface area contributed by atoms with Crippen molar-refractivity contribution in [3.05, 3.63) is 84.3 Å². The Morgan fingerprint density at radius 2 is 1.97 bits per heavy atom. The van der Waals surface area contributed by atoms with E-state index in [1.165, 1.54) is 12.5 Å². The van der Waals surface area contributed by atoms with Crippen molar-refractivity contribution in [3.8, 4) is 11.1 Å². The number of carbonyl (C=O) groups is 2. The van der Waals surface area contributed by atoms with Gasteiger partial charge in [-0.05, 0) is 41.8 Å². The highest BCUT2D eigenvalue weighted by Gasteiger charge is 2.28. The molecular weight excluding hydrogens is 388 g/mol. The summed E-state index contributed by atoms with van der Waals surface area (Å²) in [7, 11) is 0. The summed E-state index contributed by atoms with van der Waals surface area (Å²) in [5, 5.41) is 2.69. The average molecular weight is 412 g/mol. The molecule has 0 aliphatic carbocycles. The van der Waals surface area contributed by atoms with Gasteiger partial charge in [0.25, 0.3) is 5.91 Å². The second-order valence-electron chi connectivity index (χ2n) is 7.63. The van der Waals surface area contributed by atoms with Gasteiger partial charge in [-0.2, -0.15) is 0 Å². The molecule has 6 heteroatoms. The van der Waals surface area contributed by atoms with Crippen molar-refractivity contribution >= 4 is 23.3 Å². The largest absolute Gasteiger partial charge is 0.311 e. The van der Waals surface area contributed by atoms with Crippen LogP contribution in [0.4, 0.5) is 11.5 Å². The predicted molar refractivity (Wildman–Crippen MR) is 122 cm³/mol. The molecule has 156 valence electrons. The third kappa shape index (κ3) is 4.10. The summed E-state index contributed by atoms with van der Waals surface area (Å²) in [6, 6.07) is 13.5. The topological polar surface area (TPSA) is 75.2 Å². The maximum Gasteiger partial charge on any atom is 0.260 e. The van der Waals surface area contributed by atoms with Crippen LogP contribution in [0.15, 0.2) is 67.5 Å². The molecule has 0 fully saturated rings. The lowest BCUT2D eigenvalue weighted by Gasteiger charge is -2.21. The summed E-state index contributed by atoms with van der Waals surface area (Å²) in [6.45, 7) is 7.94. The smallest absolute Gasteiger partial charge is 0.260 e. The van der Waals surface area contributed by atoms with E-state index in [1.54, 1.807) is 24.5 Å². The Labute approximate surface area is 181 Å². The monoisotopic (exact) mass is 412 g/mol. The summed E-state index contributed by atoms with van der Waals surface area (Å²) in [5.41, 5.74) is 4.98. The van der Waals surface area contributed by atoms with E-state index in [2.05, 4.69) is 27.9 Å². The molecule has 0 saturated carbocycles. The van der Waals surface area contributed by atoms with Gasteiger partial charge in [0, 0.05) is 43.0 Å². The van der Waals surface area contributed by atoms with Gasteiger partial charge in [-0.1, -0.05) is 31.2 Å². The van der Waals surface area contributed by atoms with Gasteiger partial charge in [-0.15, -0.1) is 6.58 Å². The molecule has 1 N–H and O–H groups in total. The number of hydrogen-bond acceptors (Lipinski definition) is 4. The second kappa shape index (κ2) is 8.52. The Morgan fingerprint density at radius 3 is 2.74 bits per heavy atom. The zero-order valence-electron chi connectivity index (χ0n) is 17.6. The summed E-state index contributed by atoms with van der Waals surface area (Å²) < 4.78 is 0. The van der Waals surface area contributed by atoms with Crippen LogP contribution in [0.3, 0.4) is 0 Å². The molecule has 3 aromatic rings. The molecule has 1 aromatic carbocycles. The molecule has 0 bridgehead atoms. The number of hydrogen-bond donors (Lipinski definition) is 1. The number of anilines is 2. The molecule has 6 nitrogen and oxygen atoms in total. The molecule has 1 unspecified atom stereocenters. The van der Waals surface area contributed by atoms with Crippen LogP contribution in [-0.2, 0) is 11.2 Å². The molecule has 31 heavy (non-hydrogen) atoms. The second-order valence-corrected chi connectivity index (χ2v) is 7.63. The standard InChI is InChI=1S/C25H24N4O2/c1-4-16(2)24-21(25(31)29-12-10-18-7-5-6-8-22(18)29)13-20(15-27-24)19-9-11-26-23(14-19)28-17(3)30/h4-9,11,13-16H,1,10,12H2,2-3H3,(H,26,28,30). The zero-order chi connectivity index (χ0) is 22.0. The molecule has 0 spiro atoms. The minimum atomic E-state index is -0.193. The van der Waals surface area contributed by atoms with E-state index in [9.17, 15) is 9.59 Å². The fraction of sp³-hybridized carbons (Fsp3) is 0.200. The normalized spacial score (nSPS) is 13.4. The van der Waals surface area contributed by atoms with Gasteiger partial charge in [0.05, 0.1) is 11.3 Å². The Hall–Kier alpha value is -3.80. The van der Waals surface area contributed by atoms with E-state index in [-0.39, 0.29) is 17.7 Å². The van der Waals surface area contributed by atoms with E-state index < -0.39 is 0 Å². The van der Waals surface area contributed by atoms with Gasteiger partial charge >= 0.3 is 0 Å². The first-order valence-electron chi connectivity index (χ1n) is 10.2. The molecular formula is C25H24N4O2. The number of para-hydroxylation sites is 1. The molecule has 3 heterocycles. The third-order valence-corrected chi connectivity index (χ3v) is 5.46. The van der Waals surface area contributed by atoms with Gasteiger partial charge in [0.1, 0.15) is 5.82 Å². The number of nitrogens with zero attached hydrogens (tertiary/aromatic N) is 3. The van der Waals surface area contributed by atoms with Gasteiger partial charge in [-0.3, -0.25) is 14.6 Å². The van der Waals surface area contributed by atoms with Crippen molar-refractivity contribution < 1.29 is 9.59 Å². The van der Waals surface area contributed by atoms with E-state index in [4.69, 9.17) is 0 Å². The molecule has 0 radical (unpaired) electrons. The summed E-state index contributed by atoms with van der Waals surface area (Å²) in [4.78, 5) is 35.6. The molecule has 1 atom stereocenters. The molecule has 1 aliphatic heterocycles. The number of pyridine rings is 2. The minimum Gasteiger partial charge on any atom is -0.311 e. The highest BCUT2D eigenvalue weighted by atomic mass is 16.2. The van der Waals surface area contributed by atoms with Crippen LogP contribution in [0.25, 0.3) is 11.1 Å². The van der Waals surface area contributed by atoms with Crippen LogP contribution in [0.2, 0.25) is 0 Å². The van der Waals surface area contributed by atoms with Crippen LogP contribution in [-0.4, -0.2) is 28.3 Å². The number of amides is 2. The maximum absolute atomic E-state index is 13.6. The number of allylic oxidation sites excluding steroid dienone is 1. The Balaban J connectivity index is 1.77. The number of nitrogens with one attached hydrogen (secondary N) is 1. The Kier molecular flexibility index (Phi) is 5.62. The number of fused-ring (bicyclic) bond motifs is 1. The first-order chi connectivity index (χ1) is 15.0. The van der Waals surface area contributed by atoms with Crippen LogP contribution >= 0.6 is 0 Å². The van der Waals surface area contributed by atoms with Crippen LogP contribution < -0.4 is 10.2 Å². The highest BCUT2D eigenvalue weighted by molar-refractivity contribution is 6.08. The molecule has 4 rings (SSSR count). The molecule has 2 amide bonds. The maximum atomic E-state index is 13.6. The zero-order valence-corrected chi connectivity index (χ0v) is 17.6. The van der Waals surface area contributed by atoms with Crippen molar-refractivity contribution in [2.75, 3.05) is 16.8 Å². The number of benzene rings is 1. The lowest BCUT2D eigenvalue weighted by molar-refractivity contribution is -0.114. The Bertz CT molecular complexity index is 1170. The summed E-state index contributed by atoms with van der Waals surface area (Å²) in [6.07, 6.45) is 6.00. The lowest BCUT2D eigenvalue weighted by Crippen LogP contribution is -2.30. The number of rotatable bonds is 5. The average Bonchev–Trinajstić information content (AvgIpc) is 3.21. The highest BCUT2D eigenvalue weighted by Crippen LogP contribution is 2.32.